The van der Waals surface area contributed by atoms with Crippen molar-refractivity contribution in [3.63, 3.8) is 0 Å². The summed E-state index contributed by atoms with van der Waals surface area (Å²) in [7, 11) is 0. The van der Waals surface area contributed by atoms with E-state index in [0.717, 1.165) is 18.9 Å². The lowest BCUT2D eigenvalue weighted by molar-refractivity contribution is -0.138. The average molecular weight is 391 g/mol. The third-order valence-electron chi connectivity index (χ3n) is 5.64. The number of alkyl halides is 3. The Hall–Kier alpha value is -2.01. The largest absolute Gasteiger partial charge is 0.492 e. The molecule has 0 spiro atoms. The van der Waals surface area contributed by atoms with Crippen LogP contribution in [0.25, 0.3) is 0 Å². The maximum Gasteiger partial charge on any atom is 0.416 e. The SMILES string of the molecule is Cc1cccc(C2CC(C)NC(COc3cc(C)c(C)c(C(F)(F)F)c3)C2)c1. The average Bonchev–Trinajstić information content (AvgIpc) is 2.61. The Labute approximate surface area is 165 Å². The first-order chi connectivity index (χ1) is 13.1. The Balaban J connectivity index is 1.71. The molecule has 5 heteroatoms. The molecule has 2 aromatic rings. The molecule has 1 aliphatic rings. The summed E-state index contributed by atoms with van der Waals surface area (Å²) in [4.78, 5) is 0. The van der Waals surface area contributed by atoms with E-state index in [1.807, 2.05) is 0 Å². The minimum atomic E-state index is -4.37. The Morgan fingerprint density at radius 3 is 2.50 bits per heavy atom. The molecule has 0 aliphatic carbocycles. The van der Waals surface area contributed by atoms with Gasteiger partial charge in [-0.2, -0.15) is 13.2 Å². The van der Waals surface area contributed by atoms with Gasteiger partial charge in [-0.25, -0.2) is 0 Å². The molecule has 152 valence electrons. The Kier molecular flexibility index (Phi) is 6.04. The van der Waals surface area contributed by atoms with Gasteiger partial charge in [-0.1, -0.05) is 29.8 Å². The van der Waals surface area contributed by atoms with Crippen molar-refractivity contribution in [1.82, 2.24) is 5.32 Å². The van der Waals surface area contributed by atoms with E-state index in [1.165, 1.54) is 18.1 Å². The number of ether oxygens (including phenoxy) is 1. The standard InChI is InChI=1S/C23H28F3NO/c1-14-6-5-7-18(8-14)19-10-16(3)27-20(11-19)13-28-21-9-15(2)17(4)22(12-21)23(24,25)26/h5-9,12,16,19-20,27H,10-11,13H2,1-4H3. The highest BCUT2D eigenvalue weighted by molar-refractivity contribution is 5.42. The maximum absolute atomic E-state index is 13.3. The second-order valence-corrected chi connectivity index (χ2v) is 8.07. The lowest BCUT2D eigenvalue weighted by Crippen LogP contribution is -2.46. The molecule has 1 saturated heterocycles. The van der Waals surface area contributed by atoms with E-state index >= 15 is 0 Å². The first-order valence-electron chi connectivity index (χ1n) is 9.77. The minimum absolute atomic E-state index is 0.102. The first-order valence-corrected chi connectivity index (χ1v) is 9.77. The smallest absolute Gasteiger partial charge is 0.416 e. The molecule has 2 aromatic carbocycles. The van der Waals surface area contributed by atoms with Gasteiger partial charge >= 0.3 is 6.18 Å². The lowest BCUT2D eigenvalue weighted by atomic mass is 9.83. The second kappa shape index (κ2) is 8.16. The number of hydrogen-bond donors (Lipinski definition) is 1. The molecular weight excluding hydrogens is 363 g/mol. The third kappa shape index (κ3) is 4.88. The first kappa shape index (κ1) is 20.7. The Morgan fingerprint density at radius 2 is 1.82 bits per heavy atom. The quantitative estimate of drug-likeness (QED) is 0.697. The van der Waals surface area contributed by atoms with E-state index in [2.05, 4.69) is 43.4 Å². The summed E-state index contributed by atoms with van der Waals surface area (Å²) in [5.41, 5.74) is 2.79. The van der Waals surface area contributed by atoms with Crippen molar-refractivity contribution in [2.45, 2.75) is 64.7 Å². The van der Waals surface area contributed by atoms with Gasteiger partial charge in [0.25, 0.3) is 0 Å². The van der Waals surface area contributed by atoms with Crippen LogP contribution >= 0.6 is 0 Å². The van der Waals surface area contributed by atoms with Crippen molar-refractivity contribution in [2.24, 2.45) is 0 Å². The number of rotatable bonds is 4. The molecule has 0 amide bonds. The van der Waals surface area contributed by atoms with E-state index in [1.54, 1.807) is 13.0 Å². The summed E-state index contributed by atoms with van der Waals surface area (Å²) in [6, 6.07) is 11.8. The Morgan fingerprint density at radius 1 is 1.07 bits per heavy atom. The molecule has 3 unspecified atom stereocenters. The molecule has 1 fully saturated rings. The number of piperidine rings is 1. The molecule has 2 nitrogen and oxygen atoms in total. The van der Waals surface area contributed by atoms with E-state index in [9.17, 15) is 13.2 Å². The van der Waals surface area contributed by atoms with Crippen molar-refractivity contribution in [1.29, 1.82) is 0 Å². The van der Waals surface area contributed by atoms with Crippen LogP contribution in [0.15, 0.2) is 36.4 Å². The van der Waals surface area contributed by atoms with Crippen LogP contribution in [0.2, 0.25) is 0 Å². The number of aryl methyl sites for hydroxylation is 2. The van der Waals surface area contributed by atoms with Crippen molar-refractivity contribution < 1.29 is 17.9 Å². The van der Waals surface area contributed by atoms with Crippen molar-refractivity contribution in [3.05, 3.63) is 64.2 Å². The zero-order valence-corrected chi connectivity index (χ0v) is 16.9. The van der Waals surface area contributed by atoms with E-state index in [4.69, 9.17) is 4.74 Å². The molecule has 1 N–H and O–H groups in total. The predicted octanol–water partition coefficient (Wildman–Crippen LogP) is 5.93. The summed E-state index contributed by atoms with van der Waals surface area (Å²) >= 11 is 0. The van der Waals surface area contributed by atoms with Crippen molar-refractivity contribution in [3.8, 4) is 5.75 Å². The highest BCUT2D eigenvalue weighted by Crippen LogP contribution is 2.36. The number of benzene rings is 2. The van der Waals surface area contributed by atoms with Gasteiger partial charge in [0, 0.05) is 12.1 Å². The minimum Gasteiger partial charge on any atom is -0.492 e. The molecule has 1 heterocycles. The molecule has 0 aromatic heterocycles. The molecule has 0 radical (unpaired) electrons. The Bertz CT molecular complexity index is 831. The lowest BCUT2D eigenvalue weighted by Gasteiger charge is -2.35. The monoisotopic (exact) mass is 391 g/mol. The third-order valence-corrected chi connectivity index (χ3v) is 5.64. The summed E-state index contributed by atoms with van der Waals surface area (Å²) < 4.78 is 45.6. The van der Waals surface area contributed by atoms with Crippen LogP contribution in [0.5, 0.6) is 5.75 Å². The fourth-order valence-electron chi connectivity index (χ4n) is 4.12. The number of hydrogen-bond acceptors (Lipinski definition) is 2. The zero-order valence-electron chi connectivity index (χ0n) is 16.9. The maximum atomic E-state index is 13.3. The van der Waals surface area contributed by atoms with Gasteiger partial charge in [-0.05, 0) is 75.3 Å². The van der Waals surface area contributed by atoms with Gasteiger partial charge in [-0.3, -0.25) is 0 Å². The molecule has 0 saturated carbocycles. The van der Waals surface area contributed by atoms with Crippen molar-refractivity contribution >= 4 is 0 Å². The van der Waals surface area contributed by atoms with Gasteiger partial charge < -0.3 is 10.1 Å². The normalized spacial score (nSPS) is 22.9. The van der Waals surface area contributed by atoms with Crippen LogP contribution in [-0.2, 0) is 6.18 Å². The summed E-state index contributed by atoms with van der Waals surface area (Å²) in [6.45, 7) is 7.77. The van der Waals surface area contributed by atoms with Crippen LogP contribution < -0.4 is 10.1 Å². The topological polar surface area (TPSA) is 21.3 Å². The van der Waals surface area contributed by atoms with E-state index in [0.29, 0.717) is 24.1 Å². The van der Waals surface area contributed by atoms with Crippen LogP contribution in [-0.4, -0.2) is 18.7 Å². The highest BCUT2D eigenvalue weighted by atomic mass is 19.4. The van der Waals surface area contributed by atoms with Crippen LogP contribution in [0.3, 0.4) is 0 Å². The second-order valence-electron chi connectivity index (χ2n) is 8.07. The van der Waals surface area contributed by atoms with E-state index in [-0.39, 0.29) is 17.4 Å². The van der Waals surface area contributed by atoms with Crippen LogP contribution in [0, 0.1) is 20.8 Å². The van der Waals surface area contributed by atoms with Gasteiger partial charge in [0.2, 0.25) is 0 Å². The summed E-state index contributed by atoms with van der Waals surface area (Å²) in [5, 5.41) is 3.52. The fraction of sp³-hybridized carbons (Fsp3) is 0.478. The van der Waals surface area contributed by atoms with Crippen LogP contribution in [0.4, 0.5) is 13.2 Å². The molecule has 3 atom stereocenters. The molecule has 3 rings (SSSR count). The van der Waals surface area contributed by atoms with Crippen molar-refractivity contribution in [2.75, 3.05) is 6.61 Å². The van der Waals surface area contributed by atoms with Gasteiger partial charge in [0.05, 0.1) is 5.56 Å². The molecule has 0 bridgehead atoms. The molecule has 1 aliphatic heterocycles. The molecular formula is C23H28F3NO. The molecule has 28 heavy (non-hydrogen) atoms. The number of nitrogens with one attached hydrogen (secondary N) is 1. The predicted molar refractivity (Wildman–Crippen MR) is 106 cm³/mol. The van der Waals surface area contributed by atoms with Gasteiger partial charge in [-0.15, -0.1) is 0 Å². The summed E-state index contributed by atoms with van der Waals surface area (Å²) in [5.74, 6) is 0.706. The van der Waals surface area contributed by atoms with E-state index < -0.39 is 11.7 Å². The number of halogens is 3. The highest BCUT2D eigenvalue weighted by Gasteiger charge is 2.34. The summed E-state index contributed by atoms with van der Waals surface area (Å²) in [6.07, 6.45) is -2.42. The zero-order chi connectivity index (χ0) is 20.5. The van der Waals surface area contributed by atoms with Gasteiger partial charge in [0.1, 0.15) is 12.4 Å². The fourth-order valence-corrected chi connectivity index (χ4v) is 4.12. The van der Waals surface area contributed by atoms with Crippen LogP contribution in [0.1, 0.15) is 53.5 Å². The van der Waals surface area contributed by atoms with Gasteiger partial charge in [0.15, 0.2) is 0 Å².